The lowest BCUT2D eigenvalue weighted by Crippen LogP contribution is -2.19. The van der Waals surface area contributed by atoms with Crippen LogP contribution >= 0.6 is 11.6 Å². The van der Waals surface area contributed by atoms with Crippen molar-refractivity contribution in [3.8, 4) is 0 Å². The molecule has 112 valence electrons. The van der Waals surface area contributed by atoms with Crippen molar-refractivity contribution in [1.29, 1.82) is 0 Å². The molecule has 3 N–H and O–H groups in total. The van der Waals surface area contributed by atoms with Gasteiger partial charge in [0.25, 0.3) is 0 Å². The number of carbonyl (C=O) groups is 2. The van der Waals surface area contributed by atoms with Crippen molar-refractivity contribution >= 4 is 41.1 Å². The molecule has 0 aliphatic rings. The van der Waals surface area contributed by atoms with Crippen molar-refractivity contribution in [2.45, 2.75) is 0 Å². The van der Waals surface area contributed by atoms with Gasteiger partial charge in [-0.3, -0.25) is 0 Å². The van der Waals surface area contributed by atoms with Gasteiger partial charge in [0.2, 0.25) is 0 Å². The monoisotopic (exact) mass is 316 g/mol. The smallest absolute Gasteiger partial charge is 0.328 e. The van der Waals surface area contributed by atoms with Crippen LogP contribution in [0.5, 0.6) is 0 Å². The first-order valence-corrected chi connectivity index (χ1v) is 6.75. The number of anilines is 2. The number of amides is 2. The van der Waals surface area contributed by atoms with Gasteiger partial charge in [0.05, 0.1) is 0 Å². The Bertz CT molecular complexity index is 729. The second kappa shape index (κ2) is 7.28. The van der Waals surface area contributed by atoms with Crippen LogP contribution < -0.4 is 10.6 Å². The predicted octanol–water partition coefficient (Wildman–Crippen LogP) is 4.08. The molecule has 0 unspecified atom stereocenters. The van der Waals surface area contributed by atoms with E-state index in [1.54, 1.807) is 48.5 Å². The summed E-state index contributed by atoms with van der Waals surface area (Å²) in [6.07, 6.45) is 2.48. The van der Waals surface area contributed by atoms with Gasteiger partial charge in [0.1, 0.15) is 0 Å². The maximum atomic E-state index is 11.9. The number of aliphatic carboxylic acids is 1. The summed E-state index contributed by atoms with van der Waals surface area (Å²) in [5.74, 6) is -1.03. The summed E-state index contributed by atoms with van der Waals surface area (Å²) in [6, 6.07) is 13.2. The fourth-order valence-electron chi connectivity index (χ4n) is 1.75. The number of carboxylic acid groups (broad SMARTS) is 1. The Kier molecular flexibility index (Phi) is 5.16. The van der Waals surface area contributed by atoms with Crippen molar-refractivity contribution in [1.82, 2.24) is 0 Å². The maximum Gasteiger partial charge on any atom is 0.328 e. The van der Waals surface area contributed by atoms with Gasteiger partial charge in [0.15, 0.2) is 0 Å². The van der Waals surface area contributed by atoms with Crippen LogP contribution in [0.15, 0.2) is 54.6 Å². The molecule has 0 saturated heterocycles. The van der Waals surface area contributed by atoms with Gasteiger partial charge in [-0.25, -0.2) is 9.59 Å². The van der Waals surface area contributed by atoms with Gasteiger partial charge in [-0.05, 0) is 42.0 Å². The standard InChI is InChI=1S/C16H13ClN2O3/c17-12-4-2-6-14(10-12)19-16(22)18-13-5-1-3-11(9-13)7-8-15(20)21/h1-10H,(H,20,21)(H2,18,19,22)/b8-7+. The molecular weight excluding hydrogens is 304 g/mol. The van der Waals surface area contributed by atoms with Crippen molar-refractivity contribution < 1.29 is 14.7 Å². The Morgan fingerprint density at radius 3 is 2.27 bits per heavy atom. The SMILES string of the molecule is O=C(O)/C=C/c1cccc(NC(=O)Nc2cccc(Cl)c2)c1. The molecule has 2 amide bonds. The molecule has 0 spiro atoms. The summed E-state index contributed by atoms with van der Waals surface area (Å²) in [5, 5.41) is 14.4. The topological polar surface area (TPSA) is 78.4 Å². The van der Waals surface area contributed by atoms with E-state index in [0.717, 1.165) is 6.08 Å². The first-order chi connectivity index (χ1) is 10.5. The van der Waals surface area contributed by atoms with Gasteiger partial charge in [-0.2, -0.15) is 0 Å². The number of halogens is 1. The Morgan fingerprint density at radius 2 is 1.64 bits per heavy atom. The van der Waals surface area contributed by atoms with Crippen LogP contribution in [0.2, 0.25) is 5.02 Å². The van der Waals surface area contributed by atoms with Crippen LogP contribution in [-0.4, -0.2) is 17.1 Å². The number of urea groups is 1. The summed E-state index contributed by atoms with van der Waals surface area (Å²) < 4.78 is 0. The molecule has 0 radical (unpaired) electrons. The number of hydrogen-bond donors (Lipinski definition) is 3. The van der Waals surface area contributed by atoms with Crippen LogP contribution in [0.25, 0.3) is 6.08 Å². The molecule has 2 aromatic rings. The number of rotatable bonds is 4. The van der Waals surface area contributed by atoms with Gasteiger partial charge in [-0.15, -0.1) is 0 Å². The molecule has 2 rings (SSSR count). The van der Waals surface area contributed by atoms with E-state index in [1.807, 2.05) is 0 Å². The van der Waals surface area contributed by atoms with Crippen molar-refractivity contribution in [2.75, 3.05) is 10.6 Å². The minimum Gasteiger partial charge on any atom is -0.478 e. The third-order valence-electron chi connectivity index (χ3n) is 2.65. The highest BCUT2D eigenvalue weighted by Gasteiger charge is 2.03. The zero-order chi connectivity index (χ0) is 15.9. The van der Waals surface area contributed by atoms with E-state index in [4.69, 9.17) is 16.7 Å². The van der Waals surface area contributed by atoms with E-state index in [2.05, 4.69) is 10.6 Å². The van der Waals surface area contributed by atoms with Gasteiger partial charge in [0, 0.05) is 22.5 Å². The average molecular weight is 317 g/mol. The predicted molar refractivity (Wildman–Crippen MR) is 87.2 cm³/mol. The number of carbonyl (C=O) groups excluding carboxylic acids is 1. The van der Waals surface area contributed by atoms with Crippen LogP contribution in [0.1, 0.15) is 5.56 Å². The summed E-state index contributed by atoms with van der Waals surface area (Å²) in [6.45, 7) is 0. The highest BCUT2D eigenvalue weighted by Crippen LogP contribution is 2.16. The molecule has 0 fully saturated rings. The van der Waals surface area contributed by atoms with E-state index in [9.17, 15) is 9.59 Å². The molecule has 0 heterocycles. The summed E-state index contributed by atoms with van der Waals surface area (Å²) >= 11 is 5.84. The molecular formula is C16H13ClN2O3. The quantitative estimate of drug-likeness (QED) is 0.744. The summed E-state index contributed by atoms with van der Waals surface area (Å²) in [7, 11) is 0. The normalized spacial score (nSPS) is 10.4. The molecule has 5 nitrogen and oxygen atoms in total. The Hall–Kier alpha value is -2.79. The molecule has 0 aliphatic carbocycles. The third-order valence-corrected chi connectivity index (χ3v) is 2.88. The molecule has 0 bridgehead atoms. The minimum absolute atomic E-state index is 0.415. The van der Waals surface area contributed by atoms with E-state index >= 15 is 0 Å². The van der Waals surface area contributed by atoms with Crippen LogP contribution in [0.4, 0.5) is 16.2 Å². The van der Waals surface area contributed by atoms with Crippen molar-refractivity contribution in [2.24, 2.45) is 0 Å². The van der Waals surface area contributed by atoms with Crippen molar-refractivity contribution in [3.63, 3.8) is 0 Å². The number of hydrogen-bond acceptors (Lipinski definition) is 2. The van der Waals surface area contributed by atoms with Crippen LogP contribution in [0, 0.1) is 0 Å². The molecule has 0 aliphatic heterocycles. The van der Waals surface area contributed by atoms with Crippen LogP contribution in [0.3, 0.4) is 0 Å². The molecule has 2 aromatic carbocycles. The number of nitrogens with one attached hydrogen (secondary N) is 2. The second-order valence-corrected chi connectivity index (χ2v) is 4.82. The molecule has 6 heteroatoms. The fraction of sp³-hybridized carbons (Fsp3) is 0. The molecule has 0 aromatic heterocycles. The lowest BCUT2D eigenvalue weighted by atomic mass is 10.2. The van der Waals surface area contributed by atoms with E-state index in [-0.39, 0.29) is 0 Å². The lowest BCUT2D eigenvalue weighted by molar-refractivity contribution is -0.131. The Labute approximate surface area is 132 Å². The molecule has 0 saturated carbocycles. The maximum absolute atomic E-state index is 11.9. The van der Waals surface area contributed by atoms with Crippen LogP contribution in [-0.2, 0) is 4.79 Å². The minimum atomic E-state index is -1.03. The molecule has 22 heavy (non-hydrogen) atoms. The first-order valence-electron chi connectivity index (χ1n) is 6.37. The van der Waals surface area contributed by atoms with E-state index in [1.165, 1.54) is 6.08 Å². The first kappa shape index (κ1) is 15.6. The zero-order valence-corrected chi connectivity index (χ0v) is 12.2. The van der Waals surface area contributed by atoms with Gasteiger partial charge in [-0.1, -0.05) is 29.8 Å². The summed E-state index contributed by atoms with van der Waals surface area (Å²) in [4.78, 5) is 22.4. The third kappa shape index (κ3) is 4.96. The van der Waals surface area contributed by atoms with E-state index < -0.39 is 12.0 Å². The van der Waals surface area contributed by atoms with Crippen molar-refractivity contribution in [3.05, 3.63) is 65.2 Å². The Balaban J connectivity index is 2.02. The highest BCUT2D eigenvalue weighted by atomic mass is 35.5. The average Bonchev–Trinajstić information content (AvgIpc) is 2.45. The van der Waals surface area contributed by atoms with Gasteiger partial charge >= 0.3 is 12.0 Å². The molecule has 0 atom stereocenters. The second-order valence-electron chi connectivity index (χ2n) is 4.39. The number of benzene rings is 2. The number of carboxylic acids is 1. The highest BCUT2D eigenvalue weighted by molar-refractivity contribution is 6.30. The van der Waals surface area contributed by atoms with E-state index in [0.29, 0.717) is 22.0 Å². The largest absolute Gasteiger partial charge is 0.478 e. The fourth-order valence-corrected chi connectivity index (χ4v) is 1.94. The van der Waals surface area contributed by atoms with Gasteiger partial charge < -0.3 is 15.7 Å². The summed E-state index contributed by atoms with van der Waals surface area (Å²) in [5.41, 5.74) is 1.79. The lowest BCUT2D eigenvalue weighted by Gasteiger charge is -2.08. The Morgan fingerprint density at radius 1 is 1.00 bits per heavy atom. The zero-order valence-electron chi connectivity index (χ0n) is 11.4.